The molecule has 15 nitrogen and oxygen atoms in total. The topological polar surface area (TPSA) is 245 Å². The Balaban J connectivity index is 1.63. The zero-order valence-electron chi connectivity index (χ0n) is 26.7. The number of aromatic carboxylic acids is 1. The number of hydrogen-bond acceptors (Lipinski definition) is 13. The Labute approximate surface area is 280 Å². The van der Waals surface area contributed by atoms with Crippen LogP contribution < -0.4 is 16.2 Å². The summed E-state index contributed by atoms with van der Waals surface area (Å²) >= 11 is 0. The van der Waals surface area contributed by atoms with Crippen LogP contribution in [0.25, 0.3) is 44.0 Å². The lowest BCUT2D eigenvalue weighted by Crippen LogP contribution is -2.37. The van der Waals surface area contributed by atoms with Crippen molar-refractivity contribution < 1.29 is 53.5 Å². The number of piperidine rings is 1. The summed E-state index contributed by atoms with van der Waals surface area (Å²) in [5, 5.41) is 52.5. The summed E-state index contributed by atoms with van der Waals surface area (Å²) in [7, 11) is 0. The van der Waals surface area contributed by atoms with E-state index in [0.717, 1.165) is 70.7 Å². The van der Waals surface area contributed by atoms with Gasteiger partial charge in [-0.15, -0.1) is 0 Å². The Bertz CT molecular complexity index is 2430. The maximum absolute atomic E-state index is 14.2. The Morgan fingerprint density at radius 1 is 0.800 bits per heavy atom. The third-order valence-electron chi connectivity index (χ3n) is 8.83. The van der Waals surface area contributed by atoms with Gasteiger partial charge in [-0.2, -0.15) is 0 Å². The number of carbonyl (C=O) groups excluding carboxylic acids is 3. The third-order valence-corrected chi connectivity index (χ3v) is 8.83. The van der Waals surface area contributed by atoms with E-state index >= 15 is 0 Å². The predicted molar refractivity (Wildman–Crippen MR) is 178 cm³/mol. The van der Waals surface area contributed by atoms with Crippen molar-refractivity contribution in [1.29, 1.82) is 0 Å². The van der Waals surface area contributed by atoms with Gasteiger partial charge in [-0.1, -0.05) is 6.42 Å². The van der Waals surface area contributed by atoms with E-state index in [-0.39, 0.29) is 17.5 Å². The number of carboxylic acids is 1. The Morgan fingerprint density at radius 3 is 2.04 bits per heavy atom. The fourth-order valence-electron chi connectivity index (χ4n) is 6.48. The van der Waals surface area contributed by atoms with Crippen molar-refractivity contribution in [2.24, 2.45) is 0 Å². The molecule has 0 atom stereocenters. The average molecular weight is 687 g/mol. The second-order valence-electron chi connectivity index (χ2n) is 12.0. The number of likely N-dealkylation sites (tertiary alicyclic amines) is 1. The minimum atomic E-state index is -1.79. The number of fused-ring (bicyclic) bond motifs is 3. The summed E-state index contributed by atoms with van der Waals surface area (Å²) in [6, 6.07) is 2.72. The first-order valence-electron chi connectivity index (χ1n) is 15.5. The molecule has 1 saturated heterocycles. The van der Waals surface area contributed by atoms with Gasteiger partial charge in [0.05, 0.1) is 32.8 Å². The van der Waals surface area contributed by atoms with Crippen LogP contribution in [0.5, 0.6) is 23.0 Å². The van der Waals surface area contributed by atoms with Gasteiger partial charge in [0.15, 0.2) is 34.6 Å². The highest BCUT2D eigenvalue weighted by molar-refractivity contribution is 6.19. The van der Waals surface area contributed by atoms with Gasteiger partial charge in [-0.25, -0.2) is 4.79 Å². The highest BCUT2D eigenvalue weighted by Gasteiger charge is 2.31. The standard InChI is InChI=1S/C35H30N2O13/c1-14(38)16-10-17-29(42)26-22(12-20(41)31(44)27(26)34(46)36-6-9-37-7-4-3-5-8-37)50-33(17)23(15(2)39)24(16)18-13-49-21-11-19(40)32(45)28(35(47)48)25(21)30(18)43/h10-13,40-41,44-45H,3-9H2,1-2H3,(H,36,46)(H,47,48). The van der Waals surface area contributed by atoms with Crippen molar-refractivity contribution in [3.63, 3.8) is 0 Å². The number of amides is 1. The molecule has 258 valence electrons. The smallest absolute Gasteiger partial charge is 0.340 e. The molecule has 2 aromatic heterocycles. The number of aromatic hydroxyl groups is 4. The van der Waals surface area contributed by atoms with Gasteiger partial charge in [0.1, 0.15) is 28.6 Å². The first kappa shape index (κ1) is 33.7. The third kappa shape index (κ3) is 5.46. The zero-order valence-corrected chi connectivity index (χ0v) is 26.7. The molecule has 3 heterocycles. The van der Waals surface area contributed by atoms with Crippen LogP contribution in [0.15, 0.2) is 42.9 Å². The fourth-order valence-corrected chi connectivity index (χ4v) is 6.48. The van der Waals surface area contributed by atoms with E-state index in [0.29, 0.717) is 6.54 Å². The number of carbonyl (C=O) groups is 4. The van der Waals surface area contributed by atoms with E-state index in [9.17, 15) is 54.3 Å². The van der Waals surface area contributed by atoms with Gasteiger partial charge in [-0.3, -0.25) is 24.0 Å². The molecule has 3 aromatic carbocycles. The van der Waals surface area contributed by atoms with E-state index in [1.54, 1.807) is 0 Å². The molecule has 0 saturated carbocycles. The average Bonchev–Trinajstić information content (AvgIpc) is 3.06. The van der Waals surface area contributed by atoms with Crippen molar-refractivity contribution in [3.05, 3.63) is 67.2 Å². The Morgan fingerprint density at radius 2 is 1.42 bits per heavy atom. The van der Waals surface area contributed by atoms with Gasteiger partial charge in [0.25, 0.3) is 5.91 Å². The highest BCUT2D eigenvalue weighted by Crippen LogP contribution is 2.40. The molecule has 15 heteroatoms. The number of carboxylic acid groups (broad SMARTS) is 1. The first-order valence-corrected chi connectivity index (χ1v) is 15.5. The quantitative estimate of drug-likeness (QED) is 0.0771. The van der Waals surface area contributed by atoms with Crippen molar-refractivity contribution in [2.45, 2.75) is 33.1 Å². The number of phenolic OH excluding ortho intramolecular Hbond substituents is 3. The molecular weight excluding hydrogens is 656 g/mol. The van der Waals surface area contributed by atoms with Crippen LogP contribution in [0, 0.1) is 0 Å². The summed E-state index contributed by atoms with van der Waals surface area (Å²) in [5.41, 5.74) is -6.71. The summed E-state index contributed by atoms with van der Waals surface area (Å²) in [6.07, 6.45) is 3.98. The monoisotopic (exact) mass is 686 g/mol. The second kappa shape index (κ2) is 12.7. The van der Waals surface area contributed by atoms with E-state index in [2.05, 4.69) is 10.2 Å². The summed E-state index contributed by atoms with van der Waals surface area (Å²) in [6.45, 7) is 4.52. The molecule has 1 aliphatic heterocycles. The van der Waals surface area contributed by atoms with Crippen LogP contribution in [-0.4, -0.2) is 80.1 Å². The molecule has 0 spiro atoms. The number of hydrogen-bond donors (Lipinski definition) is 6. The SMILES string of the molecule is CC(=O)c1cc2c(=O)c3c(C(=O)NCCN4CCCCC4)c(O)c(O)cc3oc2c(C(C)=O)c1-c1coc2cc(O)c(O)c(C(=O)O)c2c1=O. The lowest BCUT2D eigenvalue weighted by atomic mass is 9.88. The highest BCUT2D eigenvalue weighted by atomic mass is 16.4. The van der Waals surface area contributed by atoms with Gasteiger partial charge >= 0.3 is 5.97 Å². The molecule has 50 heavy (non-hydrogen) atoms. The van der Waals surface area contributed by atoms with Crippen molar-refractivity contribution in [3.8, 4) is 34.1 Å². The first-order chi connectivity index (χ1) is 23.7. The molecule has 0 bridgehead atoms. The Kier molecular flexibility index (Phi) is 8.53. The summed E-state index contributed by atoms with van der Waals surface area (Å²) in [4.78, 5) is 82.2. The van der Waals surface area contributed by atoms with Crippen LogP contribution in [0.4, 0.5) is 0 Å². The van der Waals surface area contributed by atoms with Crippen molar-refractivity contribution in [1.82, 2.24) is 10.2 Å². The number of Topliss-reactive ketones (excluding diaryl/α,β-unsaturated/α-hetero) is 2. The van der Waals surface area contributed by atoms with Gasteiger partial charge in [-0.05, 0) is 45.8 Å². The number of benzene rings is 3. The number of nitrogens with zero attached hydrogens (tertiary/aromatic N) is 1. The van der Waals surface area contributed by atoms with Crippen LogP contribution in [0.3, 0.4) is 0 Å². The molecule has 1 fully saturated rings. The van der Waals surface area contributed by atoms with Crippen LogP contribution in [0.2, 0.25) is 0 Å². The minimum absolute atomic E-state index is 0.163. The molecule has 0 radical (unpaired) electrons. The van der Waals surface area contributed by atoms with Gasteiger partial charge in [0.2, 0.25) is 10.9 Å². The Hall–Kier alpha value is -6.22. The normalized spacial score (nSPS) is 13.6. The number of ketones is 2. The predicted octanol–water partition coefficient (Wildman–Crippen LogP) is 3.86. The van der Waals surface area contributed by atoms with E-state index in [1.807, 2.05) is 0 Å². The lowest BCUT2D eigenvalue weighted by Gasteiger charge is -2.26. The maximum Gasteiger partial charge on any atom is 0.340 e. The van der Waals surface area contributed by atoms with Crippen LogP contribution in [0.1, 0.15) is 74.5 Å². The molecule has 1 aliphatic rings. The molecule has 6 N–H and O–H groups in total. The van der Waals surface area contributed by atoms with Gasteiger partial charge in [0, 0.05) is 36.3 Å². The molecule has 5 aromatic rings. The van der Waals surface area contributed by atoms with Crippen LogP contribution >= 0.6 is 0 Å². The molecule has 1 amide bonds. The number of rotatable bonds is 8. The number of phenols is 4. The summed E-state index contributed by atoms with van der Waals surface area (Å²) < 4.78 is 11.4. The molecule has 0 aliphatic carbocycles. The molecule has 6 rings (SSSR count). The lowest BCUT2D eigenvalue weighted by molar-refractivity contribution is 0.0694. The molecule has 0 unspecified atom stereocenters. The molecular formula is C35H30N2O13. The van der Waals surface area contributed by atoms with Crippen LogP contribution in [-0.2, 0) is 0 Å². The largest absolute Gasteiger partial charge is 0.504 e. The van der Waals surface area contributed by atoms with Crippen molar-refractivity contribution in [2.75, 3.05) is 26.2 Å². The number of nitrogens with one attached hydrogen (secondary N) is 1. The minimum Gasteiger partial charge on any atom is -0.504 e. The fraction of sp³-hybridized carbons (Fsp3) is 0.257. The van der Waals surface area contributed by atoms with Crippen molar-refractivity contribution >= 4 is 56.4 Å². The van der Waals surface area contributed by atoms with E-state index in [1.165, 1.54) is 0 Å². The van der Waals surface area contributed by atoms with E-state index in [4.69, 9.17) is 8.83 Å². The van der Waals surface area contributed by atoms with E-state index < -0.39 is 113 Å². The zero-order chi connectivity index (χ0) is 36.2. The summed E-state index contributed by atoms with van der Waals surface area (Å²) in [5.74, 6) is -7.98. The second-order valence-corrected chi connectivity index (χ2v) is 12.0. The van der Waals surface area contributed by atoms with Gasteiger partial charge < -0.3 is 44.6 Å². The maximum atomic E-state index is 14.2.